The molecule has 0 aliphatic heterocycles. The summed E-state index contributed by atoms with van der Waals surface area (Å²) in [6.45, 7) is 14.2. The number of hydrogen-bond acceptors (Lipinski definition) is 4. The number of aromatic nitrogens is 2. The number of hydrogen-bond donors (Lipinski definition) is 0. The van der Waals surface area contributed by atoms with Crippen molar-refractivity contribution in [1.29, 1.82) is 0 Å². The molecule has 0 N–H and O–H groups in total. The van der Waals surface area contributed by atoms with Crippen molar-refractivity contribution in [3.8, 4) is 11.1 Å². The van der Waals surface area contributed by atoms with E-state index in [1.807, 2.05) is 4.57 Å². The summed E-state index contributed by atoms with van der Waals surface area (Å²) in [4.78, 5) is 21.4. The zero-order chi connectivity index (χ0) is 19.6. The third-order valence-electron chi connectivity index (χ3n) is 5.44. The summed E-state index contributed by atoms with van der Waals surface area (Å²) in [6.07, 6.45) is 0.764. The first-order valence-corrected chi connectivity index (χ1v) is 10.7. The molecule has 3 rings (SSSR count). The van der Waals surface area contributed by atoms with Crippen LogP contribution in [0, 0.1) is 13.8 Å². The van der Waals surface area contributed by atoms with Crippen LogP contribution in [0.5, 0.6) is 0 Å². The van der Waals surface area contributed by atoms with Crippen LogP contribution in [-0.4, -0.2) is 34.1 Å². The summed E-state index contributed by atoms with van der Waals surface area (Å²) in [5.74, 6) is 0.883. The molecule has 0 saturated carbocycles. The fraction of sp³-hybridized carbons (Fsp3) is 0.455. The zero-order valence-electron chi connectivity index (χ0n) is 17.0. The van der Waals surface area contributed by atoms with Gasteiger partial charge in [-0.3, -0.25) is 9.36 Å². The molecule has 0 radical (unpaired) electrons. The van der Waals surface area contributed by atoms with Crippen LogP contribution in [-0.2, 0) is 13.0 Å². The molecule has 0 aliphatic rings. The predicted octanol–water partition coefficient (Wildman–Crippen LogP) is 4.65. The number of benzene rings is 1. The molecule has 144 valence electrons. The highest BCUT2D eigenvalue weighted by Crippen LogP contribution is 2.32. The Morgan fingerprint density at radius 2 is 1.85 bits per heavy atom. The van der Waals surface area contributed by atoms with E-state index >= 15 is 0 Å². The third kappa shape index (κ3) is 3.85. The van der Waals surface area contributed by atoms with Gasteiger partial charge in [0.1, 0.15) is 10.7 Å². The average Bonchev–Trinajstić information content (AvgIpc) is 3.10. The SMILES string of the molecule is CCc1nc2scc(-c3ccc(C)c(C)c3)c2c(=O)n1CCN(CC)CC. The molecule has 1 aromatic carbocycles. The zero-order valence-corrected chi connectivity index (χ0v) is 17.8. The lowest BCUT2D eigenvalue weighted by atomic mass is 10.0. The standard InChI is InChI=1S/C22H29N3OS/c1-6-19-23-21-20(22(26)25(19)12-11-24(7-2)8-3)18(14-27-21)17-10-9-15(4)16(5)13-17/h9-10,13-14H,6-8,11-12H2,1-5H3. The van der Waals surface area contributed by atoms with Crippen molar-refractivity contribution >= 4 is 21.6 Å². The van der Waals surface area contributed by atoms with Crippen molar-refractivity contribution in [3.63, 3.8) is 0 Å². The molecule has 0 bridgehead atoms. The van der Waals surface area contributed by atoms with E-state index in [-0.39, 0.29) is 5.56 Å². The van der Waals surface area contributed by atoms with E-state index in [0.29, 0.717) is 6.54 Å². The number of thiophene rings is 1. The van der Waals surface area contributed by atoms with Gasteiger partial charge in [-0.1, -0.05) is 39.0 Å². The Kier molecular flexibility index (Phi) is 6.12. The van der Waals surface area contributed by atoms with Crippen molar-refractivity contribution in [3.05, 3.63) is 50.9 Å². The molecule has 2 aromatic heterocycles. The van der Waals surface area contributed by atoms with Gasteiger partial charge >= 0.3 is 0 Å². The van der Waals surface area contributed by atoms with Crippen LogP contribution in [0.3, 0.4) is 0 Å². The molecule has 0 spiro atoms. The van der Waals surface area contributed by atoms with Crippen molar-refractivity contribution in [2.75, 3.05) is 19.6 Å². The van der Waals surface area contributed by atoms with Crippen LogP contribution < -0.4 is 5.56 Å². The second-order valence-electron chi connectivity index (χ2n) is 6.99. The lowest BCUT2D eigenvalue weighted by molar-refractivity contribution is 0.287. The van der Waals surface area contributed by atoms with Gasteiger partial charge < -0.3 is 4.90 Å². The largest absolute Gasteiger partial charge is 0.302 e. The van der Waals surface area contributed by atoms with Gasteiger partial charge in [0.25, 0.3) is 5.56 Å². The van der Waals surface area contributed by atoms with Gasteiger partial charge in [0.15, 0.2) is 0 Å². The maximum atomic E-state index is 13.4. The van der Waals surface area contributed by atoms with E-state index in [4.69, 9.17) is 4.98 Å². The van der Waals surface area contributed by atoms with E-state index < -0.39 is 0 Å². The summed E-state index contributed by atoms with van der Waals surface area (Å²) in [6, 6.07) is 6.41. The van der Waals surface area contributed by atoms with Gasteiger partial charge in [0.2, 0.25) is 0 Å². The molecule has 2 heterocycles. The Bertz CT molecular complexity index is 999. The topological polar surface area (TPSA) is 38.1 Å². The molecule has 5 heteroatoms. The molecule has 0 aliphatic carbocycles. The number of likely N-dealkylation sites (N-methyl/N-ethyl adjacent to an activating group) is 1. The van der Waals surface area contributed by atoms with E-state index in [2.05, 4.69) is 63.1 Å². The second kappa shape index (κ2) is 8.36. The predicted molar refractivity (Wildman–Crippen MR) is 116 cm³/mol. The fourth-order valence-corrected chi connectivity index (χ4v) is 4.43. The highest BCUT2D eigenvalue weighted by atomic mass is 32.1. The number of fused-ring (bicyclic) bond motifs is 1. The minimum Gasteiger partial charge on any atom is -0.302 e. The summed E-state index contributed by atoms with van der Waals surface area (Å²) in [5.41, 5.74) is 4.71. The summed E-state index contributed by atoms with van der Waals surface area (Å²) < 4.78 is 1.89. The monoisotopic (exact) mass is 383 g/mol. The van der Waals surface area contributed by atoms with E-state index in [1.54, 1.807) is 11.3 Å². The molecule has 4 nitrogen and oxygen atoms in total. The highest BCUT2D eigenvalue weighted by molar-refractivity contribution is 7.17. The summed E-state index contributed by atoms with van der Waals surface area (Å²) in [5, 5.41) is 2.84. The van der Waals surface area contributed by atoms with E-state index in [1.165, 1.54) is 11.1 Å². The molecule has 0 atom stereocenters. The van der Waals surface area contributed by atoms with E-state index in [9.17, 15) is 4.79 Å². The van der Waals surface area contributed by atoms with Crippen LogP contribution in [0.4, 0.5) is 0 Å². The van der Waals surface area contributed by atoms with E-state index in [0.717, 1.165) is 53.2 Å². The Balaban J connectivity index is 2.12. The van der Waals surface area contributed by atoms with Gasteiger partial charge in [-0.15, -0.1) is 11.3 Å². The smallest absolute Gasteiger partial charge is 0.262 e. The molecule has 27 heavy (non-hydrogen) atoms. The summed E-state index contributed by atoms with van der Waals surface area (Å²) >= 11 is 1.57. The van der Waals surface area contributed by atoms with Gasteiger partial charge in [-0.25, -0.2) is 4.98 Å². The quantitative estimate of drug-likeness (QED) is 0.596. The van der Waals surface area contributed by atoms with Gasteiger partial charge in [-0.2, -0.15) is 0 Å². The number of nitrogens with zero attached hydrogens (tertiary/aromatic N) is 3. The van der Waals surface area contributed by atoms with Gasteiger partial charge in [0, 0.05) is 30.5 Å². The van der Waals surface area contributed by atoms with Crippen LogP contribution in [0.2, 0.25) is 0 Å². The molecular formula is C22H29N3OS. The second-order valence-corrected chi connectivity index (χ2v) is 7.85. The maximum absolute atomic E-state index is 13.4. The minimum atomic E-state index is 0.0958. The van der Waals surface area contributed by atoms with Crippen molar-refractivity contribution in [2.45, 2.75) is 47.6 Å². The minimum absolute atomic E-state index is 0.0958. The number of rotatable bonds is 7. The van der Waals surface area contributed by atoms with Crippen molar-refractivity contribution < 1.29 is 0 Å². The van der Waals surface area contributed by atoms with Crippen LogP contribution in [0.15, 0.2) is 28.4 Å². The molecule has 0 amide bonds. The first-order chi connectivity index (χ1) is 13.0. The lowest BCUT2D eigenvalue weighted by Crippen LogP contribution is -2.33. The molecule has 0 saturated heterocycles. The Hall–Kier alpha value is -1.98. The summed E-state index contributed by atoms with van der Waals surface area (Å²) in [7, 11) is 0. The van der Waals surface area contributed by atoms with Gasteiger partial charge in [0.05, 0.1) is 5.39 Å². The molecule has 0 fully saturated rings. The van der Waals surface area contributed by atoms with Crippen LogP contribution in [0.25, 0.3) is 21.3 Å². The first-order valence-electron chi connectivity index (χ1n) is 9.80. The number of aryl methyl sites for hydroxylation is 3. The Morgan fingerprint density at radius 3 is 2.48 bits per heavy atom. The van der Waals surface area contributed by atoms with Gasteiger partial charge in [-0.05, 0) is 43.6 Å². The molecular weight excluding hydrogens is 354 g/mol. The Morgan fingerprint density at radius 1 is 1.11 bits per heavy atom. The Labute approximate surface area is 165 Å². The maximum Gasteiger partial charge on any atom is 0.262 e. The lowest BCUT2D eigenvalue weighted by Gasteiger charge is -2.20. The van der Waals surface area contributed by atoms with Crippen molar-refractivity contribution in [2.24, 2.45) is 0 Å². The third-order valence-corrected chi connectivity index (χ3v) is 6.31. The van der Waals surface area contributed by atoms with Crippen molar-refractivity contribution in [1.82, 2.24) is 14.5 Å². The molecule has 3 aromatic rings. The average molecular weight is 384 g/mol. The highest BCUT2D eigenvalue weighted by Gasteiger charge is 2.17. The van der Waals surface area contributed by atoms with Crippen LogP contribution >= 0.6 is 11.3 Å². The first kappa shape index (κ1) is 19.8. The van der Waals surface area contributed by atoms with Crippen LogP contribution in [0.1, 0.15) is 37.7 Å². The normalized spacial score (nSPS) is 11.6. The fourth-order valence-electron chi connectivity index (χ4n) is 3.47. The molecule has 0 unspecified atom stereocenters.